The molecule has 0 aliphatic carbocycles. The van der Waals surface area contributed by atoms with E-state index in [1.165, 1.54) is 12.1 Å². The first-order valence-electron chi connectivity index (χ1n) is 5.97. The Morgan fingerprint density at radius 3 is 2.40 bits per heavy atom. The molecule has 1 heterocycles. The van der Waals surface area contributed by atoms with Crippen molar-refractivity contribution in [2.45, 2.75) is 31.6 Å². The minimum Gasteiger partial charge on any atom is -0.422 e. The van der Waals surface area contributed by atoms with Crippen molar-refractivity contribution < 1.29 is 17.4 Å². The maximum absolute atomic E-state index is 11.9. The molecule has 0 amide bonds. The van der Waals surface area contributed by atoms with Gasteiger partial charge in [-0.25, -0.2) is 4.79 Å². The minimum absolute atomic E-state index is 0.0672. The minimum atomic E-state index is -4.43. The summed E-state index contributed by atoms with van der Waals surface area (Å²) in [6, 6.07) is 2.46. The lowest BCUT2D eigenvalue weighted by atomic mass is 9.97. The van der Waals surface area contributed by atoms with Gasteiger partial charge in [0.1, 0.15) is 10.5 Å². The third-order valence-corrected chi connectivity index (χ3v) is 4.11. The van der Waals surface area contributed by atoms with E-state index >= 15 is 0 Å². The van der Waals surface area contributed by atoms with Crippen LogP contribution in [0.2, 0.25) is 0 Å². The molecule has 0 saturated heterocycles. The van der Waals surface area contributed by atoms with Crippen LogP contribution >= 0.6 is 0 Å². The van der Waals surface area contributed by atoms with Crippen LogP contribution in [0.5, 0.6) is 0 Å². The summed E-state index contributed by atoms with van der Waals surface area (Å²) in [6.45, 7) is 5.39. The molecule has 0 spiro atoms. The molecule has 0 fully saturated rings. The molecule has 2 aromatic rings. The Morgan fingerprint density at radius 1 is 1.30 bits per heavy atom. The summed E-state index contributed by atoms with van der Waals surface area (Å²) in [7, 11) is -4.43. The monoisotopic (exact) mass is 297 g/mol. The molecular formula is C13H15NO5S. The Kier molecular flexibility index (Phi) is 3.35. The molecule has 0 atom stereocenters. The molecule has 0 aliphatic heterocycles. The van der Waals surface area contributed by atoms with Crippen LogP contribution in [0.4, 0.5) is 5.69 Å². The lowest BCUT2D eigenvalue weighted by Gasteiger charge is -2.12. The fourth-order valence-corrected chi connectivity index (χ4v) is 2.92. The van der Waals surface area contributed by atoms with E-state index in [-0.39, 0.29) is 17.2 Å². The third-order valence-electron chi connectivity index (χ3n) is 3.20. The number of rotatable bonds is 2. The number of hydrogen-bond acceptors (Lipinski definition) is 5. The van der Waals surface area contributed by atoms with Crippen LogP contribution in [-0.4, -0.2) is 13.0 Å². The second-order valence-corrected chi connectivity index (χ2v) is 6.33. The molecule has 1 aromatic carbocycles. The maximum atomic E-state index is 11.9. The summed E-state index contributed by atoms with van der Waals surface area (Å²) in [6.07, 6.45) is 0. The summed E-state index contributed by atoms with van der Waals surface area (Å²) < 4.78 is 36.9. The number of fused-ring (bicyclic) bond motifs is 1. The largest absolute Gasteiger partial charge is 0.422 e. The molecule has 0 aliphatic rings. The molecule has 3 N–H and O–H groups in total. The van der Waals surface area contributed by atoms with E-state index in [4.69, 9.17) is 14.7 Å². The average Bonchev–Trinajstić information content (AvgIpc) is 2.25. The van der Waals surface area contributed by atoms with Crippen molar-refractivity contribution in [2.75, 3.05) is 5.73 Å². The Hall–Kier alpha value is -1.86. The zero-order valence-electron chi connectivity index (χ0n) is 11.3. The smallest absolute Gasteiger partial charge is 0.339 e. The number of hydrogen-bond donors (Lipinski definition) is 2. The van der Waals surface area contributed by atoms with Crippen LogP contribution in [0.3, 0.4) is 0 Å². The summed E-state index contributed by atoms with van der Waals surface area (Å²) in [5.74, 6) is -0.0672. The zero-order chi connectivity index (χ0) is 15.2. The van der Waals surface area contributed by atoms with Crippen LogP contribution < -0.4 is 11.4 Å². The van der Waals surface area contributed by atoms with Crippen LogP contribution in [0, 0.1) is 6.92 Å². The van der Waals surface area contributed by atoms with Gasteiger partial charge in [-0.1, -0.05) is 13.8 Å². The molecule has 20 heavy (non-hydrogen) atoms. The Balaban J connectivity index is 2.97. The maximum Gasteiger partial charge on any atom is 0.339 e. The molecule has 2 rings (SSSR count). The van der Waals surface area contributed by atoms with Gasteiger partial charge < -0.3 is 10.2 Å². The number of nitrogen functional groups attached to an aromatic ring is 1. The van der Waals surface area contributed by atoms with Gasteiger partial charge in [-0.05, 0) is 24.5 Å². The normalized spacial score (nSPS) is 12.2. The first-order chi connectivity index (χ1) is 9.12. The predicted octanol–water partition coefficient (Wildman–Crippen LogP) is 2.05. The standard InChI is InChI=1S/C13H15NO5S/c1-6(2)12-7(3)8-4-11(20(16,17)18)9(14)5-10(8)19-13(12)15/h4-6H,14H2,1-3H3,(H,16,17,18). The van der Waals surface area contributed by atoms with E-state index < -0.39 is 20.6 Å². The molecule has 1 aromatic heterocycles. The predicted molar refractivity (Wildman–Crippen MR) is 75.5 cm³/mol. The van der Waals surface area contributed by atoms with E-state index in [2.05, 4.69) is 0 Å². The van der Waals surface area contributed by atoms with Crippen molar-refractivity contribution in [3.8, 4) is 0 Å². The second kappa shape index (κ2) is 4.60. The van der Waals surface area contributed by atoms with Gasteiger partial charge in [0.25, 0.3) is 10.1 Å². The van der Waals surface area contributed by atoms with Crippen molar-refractivity contribution in [1.82, 2.24) is 0 Å². The van der Waals surface area contributed by atoms with Crippen molar-refractivity contribution >= 4 is 26.8 Å². The van der Waals surface area contributed by atoms with Gasteiger partial charge in [0.2, 0.25) is 0 Å². The van der Waals surface area contributed by atoms with E-state index in [0.29, 0.717) is 16.5 Å². The molecule has 0 radical (unpaired) electrons. The fourth-order valence-electron chi connectivity index (χ4n) is 2.30. The van der Waals surface area contributed by atoms with Crippen molar-refractivity contribution in [3.63, 3.8) is 0 Å². The van der Waals surface area contributed by atoms with Crippen LogP contribution in [0.1, 0.15) is 30.9 Å². The van der Waals surface area contributed by atoms with Crippen LogP contribution in [0.15, 0.2) is 26.2 Å². The highest BCUT2D eigenvalue weighted by Crippen LogP contribution is 2.29. The summed E-state index contributed by atoms with van der Waals surface area (Å²) in [5, 5.41) is 0.440. The Bertz CT molecular complexity index is 849. The van der Waals surface area contributed by atoms with E-state index in [1.807, 2.05) is 13.8 Å². The van der Waals surface area contributed by atoms with E-state index in [0.717, 1.165) is 0 Å². The molecule has 108 valence electrons. The zero-order valence-corrected chi connectivity index (χ0v) is 12.1. The molecule has 0 saturated carbocycles. The van der Waals surface area contributed by atoms with E-state index in [9.17, 15) is 13.2 Å². The lowest BCUT2D eigenvalue weighted by Crippen LogP contribution is -2.12. The molecule has 6 nitrogen and oxygen atoms in total. The van der Waals surface area contributed by atoms with Gasteiger partial charge in [0.05, 0.1) is 5.69 Å². The molecule has 0 unspecified atom stereocenters. The number of benzene rings is 1. The number of nitrogens with two attached hydrogens (primary N) is 1. The van der Waals surface area contributed by atoms with Crippen molar-refractivity contribution in [2.24, 2.45) is 0 Å². The summed E-state index contributed by atoms with van der Waals surface area (Å²) in [5.41, 5.74) is 6.23. The van der Waals surface area contributed by atoms with Gasteiger partial charge in [0.15, 0.2) is 0 Å². The highest BCUT2D eigenvalue weighted by atomic mass is 32.2. The molecular weight excluding hydrogens is 282 g/mol. The highest BCUT2D eigenvalue weighted by Gasteiger charge is 2.20. The van der Waals surface area contributed by atoms with Crippen molar-refractivity contribution in [1.29, 1.82) is 0 Å². The first kappa shape index (κ1) is 14.5. The van der Waals surface area contributed by atoms with Gasteiger partial charge in [-0.2, -0.15) is 8.42 Å². The van der Waals surface area contributed by atoms with Crippen LogP contribution in [0.25, 0.3) is 11.0 Å². The number of aryl methyl sites for hydroxylation is 1. The first-order valence-corrected chi connectivity index (χ1v) is 7.41. The number of anilines is 1. The van der Waals surface area contributed by atoms with Crippen LogP contribution in [-0.2, 0) is 10.1 Å². The quantitative estimate of drug-likeness (QED) is 0.498. The Labute approximate surface area is 116 Å². The molecule has 7 heteroatoms. The average molecular weight is 297 g/mol. The van der Waals surface area contributed by atoms with E-state index in [1.54, 1.807) is 6.92 Å². The highest BCUT2D eigenvalue weighted by molar-refractivity contribution is 7.86. The lowest BCUT2D eigenvalue weighted by molar-refractivity contribution is 0.483. The summed E-state index contributed by atoms with van der Waals surface area (Å²) in [4.78, 5) is 11.5. The van der Waals surface area contributed by atoms with Crippen molar-refractivity contribution in [3.05, 3.63) is 33.7 Å². The van der Waals surface area contributed by atoms with Gasteiger partial charge in [0, 0.05) is 17.0 Å². The molecule has 0 bridgehead atoms. The van der Waals surface area contributed by atoms with Gasteiger partial charge in [-0.3, -0.25) is 4.55 Å². The van der Waals surface area contributed by atoms with Gasteiger partial charge in [-0.15, -0.1) is 0 Å². The van der Waals surface area contributed by atoms with Gasteiger partial charge >= 0.3 is 5.63 Å². The fraction of sp³-hybridized carbons (Fsp3) is 0.308. The third kappa shape index (κ3) is 2.30. The summed E-state index contributed by atoms with van der Waals surface area (Å²) >= 11 is 0. The Morgan fingerprint density at radius 2 is 1.90 bits per heavy atom. The topological polar surface area (TPSA) is 111 Å². The SMILES string of the molecule is Cc1c(C(C)C)c(=O)oc2cc(N)c(S(=O)(=O)O)cc12. The second-order valence-electron chi connectivity index (χ2n) is 4.94.